The summed E-state index contributed by atoms with van der Waals surface area (Å²) in [5.74, 6) is 0.802. The number of benzene rings is 1. The van der Waals surface area contributed by atoms with Crippen LogP contribution in [0.15, 0.2) is 43.0 Å². The van der Waals surface area contributed by atoms with Gasteiger partial charge in [0.2, 0.25) is 5.91 Å². The van der Waals surface area contributed by atoms with Crippen molar-refractivity contribution < 1.29 is 9.53 Å². The van der Waals surface area contributed by atoms with Crippen molar-refractivity contribution in [3.8, 4) is 11.3 Å². The van der Waals surface area contributed by atoms with Gasteiger partial charge in [-0.25, -0.2) is 9.50 Å². The highest BCUT2D eigenvalue weighted by Crippen LogP contribution is 2.23. The molecule has 0 unspecified atom stereocenters. The molecule has 1 N–H and O–H groups in total. The predicted molar refractivity (Wildman–Crippen MR) is 119 cm³/mol. The number of carbonyl (C=O) groups excluding carboxylic acids is 1. The number of carbonyl (C=O) groups is 1. The highest BCUT2D eigenvalue weighted by atomic mass is 16.5. The van der Waals surface area contributed by atoms with Crippen molar-refractivity contribution in [2.75, 3.05) is 18.5 Å². The molecule has 0 spiro atoms. The molecule has 0 radical (unpaired) electrons. The Bertz CT molecular complexity index is 1270. The molecule has 4 heterocycles. The summed E-state index contributed by atoms with van der Waals surface area (Å²) in [5.41, 5.74) is 5.41. The molecule has 164 valence electrons. The van der Waals surface area contributed by atoms with Gasteiger partial charge in [-0.2, -0.15) is 10.2 Å². The van der Waals surface area contributed by atoms with Gasteiger partial charge in [0.15, 0.2) is 11.5 Å². The van der Waals surface area contributed by atoms with Gasteiger partial charge >= 0.3 is 0 Å². The van der Waals surface area contributed by atoms with Crippen LogP contribution in [0.1, 0.15) is 29.8 Å². The maximum absolute atomic E-state index is 12.5. The van der Waals surface area contributed by atoms with Gasteiger partial charge in [0, 0.05) is 50.0 Å². The van der Waals surface area contributed by atoms with Gasteiger partial charge in [-0.05, 0) is 37.0 Å². The lowest BCUT2D eigenvalue weighted by atomic mass is 9.99. The van der Waals surface area contributed by atoms with Crippen LogP contribution in [-0.2, 0) is 23.0 Å². The first kappa shape index (κ1) is 20.3. The molecule has 0 aliphatic carbocycles. The van der Waals surface area contributed by atoms with E-state index >= 15 is 0 Å². The van der Waals surface area contributed by atoms with E-state index in [1.807, 2.05) is 32.3 Å². The lowest BCUT2D eigenvalue weighted by Crippen LogP contribution is -2.28. The van der Waals surface area contributed by atoms with Crippen LogP contribution >= 0.6 is 0 Å². The van der Waals surface area contributed by atoms with Crippen LogP contribution in [0.25, 0.3) is 16.9 Å². The van der Waals surface area contributed by atoms with Crippen molar-refractivity contribution in [2.45, 2.75) is 26.2 Å². The number of aromatic nitrogens is 6. The van der Waals surface area contributed by atoms with Gasteiger partial charge in [-0.15, -0.1) is 0 Å². The molecule has 9 heteroatoms. The van der Waals surface area contributed by atoms with Gasteiger partial charge in [-0.1, -0.05) is 12.1 Å². The van der Waals surface area contributed by atoms with Crippen LogP contribution in [0.2, 0.25) is 0 Å². The summed E-state index contributed by atoms with van der Waals surface area (Å²) in [6.45, 7) is 3.31. The van der Waals surface area contributed by atoms with Crippen molar-refractivity contribution >= 4 is 17.2 Å². The zero-order valence-electron chi connectivity index (χ0n) is 18.2. The summed E-state index contributed by atoms with van der Waals surface area (Å²) in [6, 6.07) is 6.05. The Balaban J connectivity index is 1.34. The molecule has 1 aliphatic heterocycles. The number of hydrogen-bond acceptors (Lipinski definition) is 6. The molecule has 1 aromatic carbocycles. The van der Waals surface area contributed by atoms with E-state index in [0.717, 1.165) is 40.9 Å². The predicted octanol–water partition coefficient (Wildman–Crippen LogP) is 2.79. The van der Waals surface area contributed by atoms with Crippen LogP contribution < -0.4 is 5.32 Å². The number of rotatable bonds is 5. The maximum atomic E-state index is 12.5. The minimum atomic E-state index is 0.0209. The maximum Gasteiger partial charge on any atom is 0.227 e. The fourth-order valence-corrected chi connectivity index (χ4v) is 4.04. The summed E-state index contributed by atoms with van der Waals surface area (Å²) < 4.78 is 8.90. The van der Waals surface area contributed by atoms with Gasteiger partial charge in [0.1, 0.15) is 0 Å². The Morgan fingerprint density at radius 2 is 2.06 bits per heavy atom. The molecule has 0 bridgehead atoms. The highest BCUT2D eigenvalue weighted by Gasteiger charge is 2.22. The van der Waals surface area contributed by atoms with Crippen LogP contribution in [-0.4, -0.2) is 48.5 Å². The zero-order chi connectivity index (χ0) is 22.1. The van der Waals surface area contributed by atoms with E-state index < -0.39 is 0 Å². The van der Waals surface area contributed by atoms with E-state index in [1.165, 1.54) is 0 Å². The zero-order valence-corrected chi connectivity index (χ0v) is 18.2. The summed E-state index contributed by atoms with van der Waals surface area (Å²) in [7, 11) is 1.88. The number of fused-ring (bicyclic) bond motifs is 1. The van der Waals surface area contributed by atoms with Crippen LogP contribution in [0.5, 0.6) is 0 Å². The molecule has 4 aromatic rings. The van der Waals surface area contributed by atoms with E-state index in [1.54, 1.807) is 27.8 Å². The molecule has 0 atom stereocenters. The third kappa shape index (κ3) is 4.11. The van der Waals surface area contributed by atoms with Crippen molar-refractivity contribution in [3.63, 3.8) is 0 Å². The normalized spacial score (nSPS) is 14.7. The lowest BCUT2D eigenvalue weighted by Gasteiger charge is -2.21. The molecule has 1 saturated heterocycles. The van der Waals surface area contributed by atoms with Crippen LogP contribution in [0.4, 0.5) is 5.69 Å². The molecule has 5 rings (SSSR count). The molecule has 9 nitrogen and oxygen atoms in total. The van der Waals surface area contributed by atoms with Crippen molar-refractivity contribution in [3.05, 3.63) is 59.9 Å². The fraction of sp³-hybridized carbons (Fsp3) is 0.348. The molecular formula is C23H25N7O2. The Morgan fingerprint density at radius 3 is 2.81 bits per heavy atom. The van der Waals surface area contributed by atoms with Gasteiger partial charge in [0.05, 0.1) is 24.3 Å². The van der Waals surface area contributed by atoms with Gasteiger partial charge in [-0.3, -0.25) is 14.5 Å². The third-order valence-corrected chi connectivity index (χ3v) is 5.79. The van der Waals surface area contributed by atoms with E-state index in [9.17, 15) is 4.79 Å². The SMILES string of the molecule is Cc1cc(Cc2nc3cncc(-c4cnn(C)c4)n3n2)ccc1NC(=O)C1CCOCC1. The second kappa shape index (κ2) is 8.51. The van der Waals surface area contributed by atoms with Gasteiger partial charge < -0.3 is 10.1 Å². The molecule has 1 aliphatic rings. The second-order valence-corrected chi connectivity index (χ2v) is 8.20. The quantitative estimate of drug-likeness (QED) is 0.522. The minimum absolute atomic E-state index is 0.0209. The summed E-state index contributed by atoms with van der Waals surface area (Å²) >= 11 is 0. The average Bonchev–Trinajstić information content (AvgIpc) is 3.41. The molecule has 1 fully saturated rings. The first-order valence-electron chi connectivity index (χ1n) is 10.7. The molecule has 32 heavy (non-hydrogen) atoms. The van der Waals surface area contributed by atoms with E-state index in [2.05, 4.69) is 26.4 Å². The monoisotopic (exact) mass is 431 g/mol. The third-order valence-electron chi connectivity index (χ3n) is 5.79. The largest absolute Gasteiger partial charge is 0.381 e. The summed E-state index contributed by atoms with van der Waals surface area (Å²) in [4.78, 5) is 21.5. The van der Waals surface area contributed by atoms with Crippen molar-refractivity contribution in [1.29, 1.82) is 0 Å². The Morgan fingerprint density at radius 1 is 1.22 bits per heavy atom. The van der Waals surface area contributed by atoms with Gasteiger partial charge in [0.25, 0.3) is 0 Å². The molecule has 1 amide bonds. The van der Waals surface area contributed by atoms with Crippen LogP contribution in [0.3, 0.4) is 0 Å². The number of hydrogen-bond donors (Lipinski definition) is 1. The smallest absolute Gasteiger partial charge is 0.227 e. The number of nitrogens with zero attached hydrogens (tertiary/aromatic N) is 6. The van der Waals surface area contributed by atoms with Crippen molar-refractivity contribution in [2.24, 2.45) is 13.0 Å². The first-order chi connectivity index (χ1) is 15.6. The molecule has 3 aromatic heterocycles. The Hall–Kier alpha value is -3.59. The Kier molecular flexibility index (Phi) is 5.40. The Labute approximate surface area is 185 Å². The molecule has 0 saturated carbocycles. The number of nitrogens with one attached hydrogen (secondary N) is 1. The van der Waals surface area contributed by atoms with E-state index in [-0.39, 0.29) is 11.8 Å². The molecular weight excluding hydrogens is 406 g/mol. The average molecular weight is 432 g/mol. The minimum Gasteiger partial charge on any atom is -0.381 e. The van der Waals surface area contributed by atoms with Crippen LogP contribution in [0, 0.1) is 12.8 Å². The number of anilines is 1. The number of aryl methyl sites for hydroxylation is 2. The number of amides is 1. The van der Waals surface area contributed by atoms with Crippen molar-refractivity contribution in [1.82, 2.24) is 29.4 Å². The topological polar surface area (TPSA) is 99.2 Å². The summed E-state index contributed by atoms with van der Waals surface area (Å²) in [5, 5.41) is 12.0. The first-order valence-corrected chi connectivity index (χ1v) is 10.7. The summed E-state index contributed by atoms with van der Waals surface area (Å²) in [6.07, 6.45) is 9.32. The van der Waals surface area contributed by atoms with E-state index in [4.69, 9.17) is 9.84 Å². The highest BCUT2D eigenvalue weighted by molar-refractivity contribution is 5.93. The lowest BCUT2D eigenvalue weighted by molar-refractivity contribution is -0.122. The second-order valence-electron chi connectivity index (χ2n) is 8.20. The fourth-order valence-electron chi connectivity index (χ4n) is 4.04. The van der Waals surface area contributed by atoms with E-state index in [0.29, 0.717) is 31.1 Å². The standard InChI is InChI=1S/C23H25N7O2/c1-15-9-16(3-4-19(15)26-23(31)17-5-7-32-8-6-17)10-21-27-22-13-24-12-20(30(22)28-21)18-11-25-29(2)14-18/h3-4,9,11-14,17H,5-8,10H2,1-2H3,(H,26,31). The number of ether oxygens (including phenoxy) is 1.